The third-order valence-corrected chi connectivity index (χ3v) is 8.78. The number of nitrogens with zero attached hydrogens (tertiary/aromatic N) is 4. The maximum absolute atomic E-state index is 13.5. The van der Waals surface area contributed by atoms with Crippen molar-refractivity contribution in [2.45, 2.75) is 45.3 Å². The van der Waals surface area contributed by atoms with Gasteiger partial charge in [-0.2, -0.15) is 4.98 Å². The number of nitrogens with one attached hydrogen (secondary N) is 5. The highest BCUT2D eigenvalue weighted by Gasteiger charge is 2.21. The number of likely N-dealkylation sites (N-methyl/N-ethyl adjacent to an activating group) is 1. The van der Waals surface area contributed by atoms with Crippen LogP contribution in [-0.4, -0.2) is 101 Å². The van der Waals surface area contributed by atoms with E-state index in [1.807, 2.05) is 30.3 Å². The predicted molar refractivity (Wildman–Crippen MR) is 202 cm³/mol. The summed E-state index contributed by atoms with van der Waals surface area (Å²) in [7, 11) is 2.13. The van der Waals surface area contributed by atoms with Gasteiger partial charge in [-0.3, -0.25) is 14.4 Å². The molecular formula is C37H46ClN9O5. The lowest BCUT2D eigenvalue weighted by Crippen LogP contribution is -2.44. The minimum Gasteiger partial charge on any atom is -0.444 e. The van der Waals surface area contributed by atoms with Gasteiger partial charge in [0, 0.05) is 56.4 Å². The summed E-state index contributed by atoms with van der Waals surface area (Å²) in [5, 5.41) is 12.2. The fourth-order valence-electron chi connectivity index (χ4n) is 5.65. The number of aromatic amines is 1. The van der Waals surface area contributed by atoms with Crippen LogP contribution in [-0.2, 0) is 4.74 Å². The van der Waals surface area contributed by atoms with Gasteiger partial charge in [0.2, 0.25) is 5.95 Å². The van der Waals surface area contributed by atoms with Gasteiger partial charge in [-0.1, -0.05) is 41.9 Å². The first-order valence-electron chi connectivity index (χ1n) is 17.3. The molecule has 1 fully saturated rings. The molecule has 14 nitrogen and oxygen atoms in total. The molecule has 0 spiro atoms. The Kier molecular flexibility index (Phi) is 12.8. The first kappa shape index (κ1) is 38.2. The van der Waals surface area contributed by atoms with Crippen LogP contribution < -0.4 is 26.8 Å². The SMILES string of the molecule is CN1CCN(CCCNc2ncc3cc(C(=O)Nc4cc(C(=O)NC(CCNC(=O)OC(C)(C)C)c5ccccc5)ccc4Cl)c(=O)[nH]c3n2)CC1. The third kappa shape index (κ3) is 11.0. The average Bonchev–Trinajstić information content (AvgIpc) is 3.10. The number of aromatic nitrogens is 3. The molecule has 3 amide bonds. The van der Waals surface area contributed by atoms with Gasteiger partial charge in [0.25, 0.3) is 17.4 Å². The van der Waals surface area contributed by atoms with Crippen LogP contribution in [0.2, 0.25) is 5.02 Å². The van der Waals surface area contributed by atoms with E-state index in [0.29, 0.717) is 29.9 Å². The Labute approximate surface area is 307 Å². The lowest BCUT2D eigenvalue weighted by Gasteiger charge is -2.32. The smallest absolute Gasteiger partial charge is 0.407 e. The lowest BCUT2D eigenvalue weighted by molar-refractivity contribution is 0.0526. The predicted octanol–water partition coefficient (Wildman–Crippen LogP) is 4.66. The summed E-state index contributed by atoms with van der Waals surface area (Å²) in [5.41, 5.74) is 0.0642. The molecule has 2 aromatic heterocycles. The number of hydrogen-bond donors (Lipinski definition) is 5. The number of piperazine rings is 1. The Morgan fingerprint density at radius 1 is 1.00 bits per heavy atom. The van der Waals surface area contributed by atoms with Crippen molar-refractivity contribution in [3.63, 3.8) is 0 Å². The number of fused-ring (bicyclic) bond motifs is 1. The molecule has 276 valence electrons. The number of hydrogen-bond acceptors (Lipinski definition) is 10. The van der Waals surface area contributed by atoms with Crippen LogP contribution in [0.15, 0.2) is 65.6 Å². The molecule has 1 atom stereocenters. The molecule has 0 aliphatic carbocycles. The lowest BCUT2D eigenvalue weighted by atomic mass is 10.0. The number of alkyl carbamates (subject to hydrolysis) is 1. The second kappa shape index (κ2) is 17.4. The minimum atomic E-state index is -0.718. The molecule has 2 aromatic carbocycles. The summed E-state index contributed by atoms with van der Waals surface area (Å²) in [6.45, 7) is 11.5. The topological polar surface area (TPSA) is 174 Å². The van der Waals surface area contributed by atoms with Crippen molar-refractivity contribution in [2.24, 2.45) is 0 Å². The van der Waals surface area contributed by atoms with Crippen LogP contribution >= 0.6 is 11.6 Å². The van der Waals surface area contributed by atoms with E-state index >= 15 is 0 Å². The molecule has 1 unspecified atom stereocenters. The molecule has 5 rings (SSSR count). The van der Waals surface area contributed by atoms with Crippen LogP contribution in [0, 0.1) is 0 Å². The number of ether oxygens (including phenoxy) is 1. The zero-order valence-electron chi connectivity index (χ0n) is 29.9. The maximum Gasteiger partial charge on any atom is 0.407 e. The van der Waals surface area contributed by atoms with E-state index in [0.717, 1.165) is 44.7 Å². The normalized spacial score (nSPS) is 14.4. The number of rotatable bonds is 13. The number of anilines is 2. The highest BCUT2D eigenvalue weighted by atomic mass is 35.5. The molecular weight excluding hydrogens is 686 g/mol. The van der Waals surface area contributed by atoms with Gasteiger partial charge in [0.1, 0.15) is 16.8 Å². The van der Waals surface area contributed by atoms with E-state index in [-0.39, 0.29) is 28.4 Å². The fraction of sp³-hybridized carbons (Fsp3) is 0.405. The van der Waals surface area contributed by atoms with Crippen molar-refractivity contribution in [1.82, 2.24) is 35.4 Å². The van der Waals surface area contributed by atoms with Crippen LogP contribution in [0.3, 0.4) is 0 Å². The second-order valence-electron chi connectivity index (χ2n) is 13.7. The largest absolute Gasteiger partial charge is 0.444 e. The number of carbonyl (C=O) groups is 3. The van der Waals surface area contributed by atoms with E-state index in [2.05, 4.69) is 53.1 Å². The molecule has 1 aliphatic rings. The van der Waals surface area contributed by atoms with Crippen LogP contribution in [0.4, 0.5) is 16.4 Å². The van der Waals surface area contributed by atoms with Crippen molar-refractivity contribution < 1.29 is 19.1 Å². The summed E-state index contributed by atoms with van der Waals surface area (Å²) in [6.07, 6.45) is 2.30. The summed E-state index contributed by atoms with van der Waals surface area (Å²) in [4.78, 5) is 68.2. The van der Waals surface area contributed by atoms with Crippen molar-refractivity contribution in [3.05, 3.63) is 92.9 Å². The highest BCUT2D eigenvalue weighted by Crippen LogP contribution is 2.25. The molecule has 1 saturated heterocycles. The van der Waals surface area contributed by atoms with Crippen LogP contribution in [0.5, 0.6) is 0 Å². The molecule has 0 saturated carbocycles. The van der Waals surface area contributed by atoms with Gasteiger partial charge < -0.3 is 40.8 Å². The molecule has 52 heavy (non-hydrogen) atoms. The summed E-state index contributed by atoms with van der Waals surface area (Å²) in [5.74, 6) is -0.763. The van der Waals surface area contributed by atoms with E-state index in [4.69, 9.17) is 16.3 Å². The Hall–Kier alpha value is -5.05. The number of pyridine rings is 1. The number of H-pyrrole nitrogens is 1. The zero-order valence-corrected chi connectivity index (χ0v) is 30.7. The number of carbonyl (C=O) groups excluding carboxylic acids is 3. The molecule has 15 heteroatoms. The van der Waals surface area contributed by atoms with Crippen molar-refractivity contribution >= 4 is 52.2 Å². The van der Waals surface area contributed by atoms with Crippen LogP contribution in [0.1, 0.15) is 65.9 Å². The Bertz CT molecular complexity index is 1920. The average molecular weight is 732 g/mol. The first-order chi connectivity index (χ1) is 24.8. The van der Waals surface area contributed by atoms with Crippen molar-refractivity contribution in [2.75, 3.05) is 63.5 Å². The molecule has 5 N–H and O–H groups in total. The maximum atomic E-state index is 13.5. The van der Waals surface area contributed by atoms with Gasteiger partial charge >= 0.3 is 6.09 Å². The third-order valence-electron chi connectivity index (χ3n) is 8.45. The van der Waals surface area contributed by atoms with Gasteiger partial charge in [-0.05, 0) is 77.0 Å². The van der Waals surface area contributed by atoms with E-state index in [1.54, 1.807) is 27.0 Å². The van der Waals surface area contributed by atoms with Gasteiger partial charge in [0.05, 0.1) is 16.8 Å². The minimum absolute atomic E-state index is 0.147. The zero-order chi connectivity index (χ0) is 37.3. The molecule has 4 aromatic rings. The number of amides is 3. The molecule has 0 bridgehead atoms. The van der Waals surface area contributed by atoms with Gasteiger partial charge in [-0.25, -0.2) is 9.78 Å². The summed E-state index contributed by atoms with van der Waals surface area (Å²) >= 11 is 6.42. The van der Waals surface area contributed by atoms with E-state index in [1.165, 1.54) is 24.3 Å². The van der Waals surface area contributed by atoms with E-state index in [9.17, 15) is 19.2 Å². The fourth-order valence-corrected chi connectivity index (χ4v) is 5.82. The Morgan fingerprint density at radius 3 is 2.48 bits per heavy atom. The molecule has 1 aliphatic heterocycles. The van der Waals surface area contributed by atoms with Crippen molar-refractivity contribution in [3.8, 4) is 0 Å². The van der Waals surface area contributed by atoms with Gasteiger partial charge in [0.15, 0.2) is 0 Å². The van der Waals surface area contributed by atoms with Crippen LogP contribution in [0.25, 0.3) is 11.0 Å². The molecule has 3 heterocycles. The summed E-state index contributed by atoms with van der Waals surface area (Å²) < 4.78 is 5.31. The molecule has 0 radical (unpaired) electrons. The highest BCUT2D eigenvalue weighted by molar-refractivity contribution is 6.34. The second-order valence-corrected chi connectivity index (χ2v) is 14.1. The summed E-state index contributed by atoms with van der Waals surface area (Å²) in [6, 6.07) is 14.8. The Balaban J connectivity index is 1.21. The van der Waals surface area contributed by atoms with Crippen molar-refractivity contribution in [1.29, 1.82) is 0 Å². The first-order valence-corrected chi connectivity index (χ1v) is 17.7. The Morgan fingerprint density at radius 2 is 1.75 bits per heavy atom. The van der Waals surface area contributed by atoms with E-state index < -0.39 is 35.1 Å². The number of benzene rings is 2. The number of halogens is 1. The monoisotopic (exact) mass is 731 g/mol. The quantitative estimate of drug-likeness (QED) is 0.122. The van der Waals surface area contributed by atoms with Gasteiger partial charge in [-0.15, -0.1) is 0 Å². The standard InChI is InChI=1S/C37H46ClN9O5/c1-37(2,3)52-36(51)40-15-13-29(24-9-6-5-7-10-24)42-32(48)25-11-12-28(38)30(22-25)43-33(49)27-21-26-23-41-35(45-31(26)44-34(27)50)39-14-8-16-47-19-17-46(4)18-20-47/h5-7,9-12,21-23,29H,8,13-20H2,1-4H3,(H,40,51)(H,42,48)(H,43,49)(H2,39,41,44,45,50).